The molecule has 0 aliphatic rings. The molecule has 2 aromatic carbocycles. The molecular weight excluding hydrogens is 382 g/mol. The first-order valence-electron chi connectivity index (χ1n) is 9.60. The van der Waals surface area contributed by atoms with Crippen LogP contribution in [0.1, 0.15) is 33.3 Å². The first-order valence-corrected chi connectivity index (χ1v) is 9.60. The Morgan fingerprint density at radius 1 is 1.13 bits per heavy atom. The summed E-state index contributed by atoms with van der Waals surface area (Å²) in [5.74, 6) is -0.239. The fraction of sp³-hybridized carbons (Fsp3) is 0.174. The van der Waals surface area contributed by atoms with E-state index >= 15 is 0 Å². The van der Waals surface area contributed by atoms with Crippen molar-refractivity contribution in [2.24, 2.45) is 0 Å². The molecule has 0 saturated heterocycles. The van der Waals surface area contributed by atoms with Crippen LogP contribution in [-0.4, -0.2) is 40.2 Å². The second-order valence-corrected chi connectivity index (χ2v) is 6.74. The van der Waals surface area contributed by atoms with E-state index in [9.17, 15) is 9.59 Å². The molecule has 0 unspecified atom stereocenters. The predicted octanol–water partition coefficient (Wildman–Crippen LogP) is 3.96. The minimum Gasteiger partial charge on any atom is -0.497 e. The zero-order valence-electron chi connectivity index (χ0n) is 16.7. The summed E-state index contributed by atoms with van der Waals surface area (Å²) in [6, 6.07) is 14.7. The van der Waals surface area contributed by atoms with E-state index in [4.69, 9.17) is 9.47 Å². The first kappa shape index (κ1) is 19.4. The Bertz CT molecular complexity index is 1220. The maximum Gasteiger partial charge on any atom is 0.359 e. The van der Waals surface area contributed by atoms with Gasteiger partial charge >= 0.3 is 5.97 Å². The number of carbonyl (C=O) groups excluding carboxylic acids is 2. The van der Waals surface area contributed by atoms with E-state index < -0.39 is 5.97 Å². The SMILES string of the molecule is CCc1cccc2c(C(=O)COC(=O)c3ccn(-c4cccc(OC)c4)n3)c[nH]c12. The number of H-pyrrole nitrogens is 1. The smallest absolute Gasteiger partial charge is 0.359 e. The third kappa shape index (κ3) is 3.69. The average Bonchev–Trinajstić information content (AvgIpc) is 3.45. The van der Waals surface area contributed by atoms with Gasteiger partial charge in [0, 0.05) is 34.9 Å². The van der Waals surface area contributed by atoms with Gasteiger partial charge in [-0.2, -0.15) is 5.10 Å². The maximum absolute atomic E-state index is 12.6. The number of esters is 1. The van der Waals surface area contributed by atoms with Crippen molar-refractivity contribution >= 4 is 22.7 Å². The summed E-state index contributed by atoms with van der Waals surface area (Å²) in [6.07, 6.45) is 4.17. The van der Waals surface area contributed by atoms with Crippen LogP contribution in [0.2, 0.25) is 0 Å². The number of nitrogens with one attached hydrogen (secondary N) is 1. The number of ketones is 1. The molecule has 0 amide bonds. The summed E-state index contributed by atoms with van der Waals surface area (Å²) in [7, 11) is 1.58. The van der Waals surface area contributed by atoms with Gasteiger partial charge in [0.1, 0.15) is 5.75 Å². The molecule has 0 bridgehead atoms. The fourth-order valence-corrected chi connectivity index (χ4v) is 3.35. The number of aromatic nitrogens is 3. The van der Waals surface area contributed by atoms with Crippen LogP contribution in [0.3, 0.4) is 0 Å². The Morgan fingerprint density at radius 3 is 2.77 bits per heavy atom. The van der Waals surface area contributed by atoms with Crippen molar-refractivity contribution in [1.82, 2.24) is 14.8 Å². The molecule has 2 heterocycles. The summed E-state index contributed by atoms with van der Waals surface area (Å²) in [4.78, 5) is 28.1. The normalized spacial score (nSPS) is 10.9. The number of Topliss-reactive ketones (excluding diaryl/α,β-unsaturated/α-hetero) is 1. The number of hydrogen-bond donors (Lipinski definition) is 1. The highest BCUT2D eigenvalue weighted by molar-refractivity contribution is 6.09. The zero-order chi connectivity index (χ0) is 21.1. The molecule has 2 aromatic heterocycles. The van der Waals surface area contributed by atoms with Crippen LogP contribution in [0.5, 0.6) is 5.75 Å². The molecule has 7 nitrogen and oxygen atoms in total. The summed E-state index contributed by atoms with van der Waals surface area (Å²) in [5.41, 5.74) is 3.45. The van der Waals surface area contributed by atoms with Gasteiger partial charge in [-0.3, -0.25) is 4.79 Å². The number of methoxy groups -OCH3 is 1. The molecule has 0 fully saturated rings. The van der Waals surface area contributed by atoms with Crippen LogP contribution in [0.15, 0.2) is 60.9 Å². The second kappa shape index (κ2) is 8.24. The van der Waals surface area contributed by atoms with Crippen LogP contribution >= 0.6 is 0 Å². The molecule has 0 aliphatic carbocycles. The maximum atomic E-state index is 12.6. The molecule has 0 saturated carbocycles. The van der Waals surface area contributed by atoms with Gasteiger partial charge in [0.15, 0.2) is 12.3 Å². The van der Waals surface area contributed by atoms with E-state index in [0.29, 0.717) is 11.3 Å². The average molecular weight is 403 g/mol. The molecule has 7 heteroatoms. The predicted molar refractivity (Wildman–Crippen MR) is 112 cm³/mol. The number of aryl methyl sites for hydroxylation is 1. The highest BCUT2D eigenvalue weighted by Gasteiger charge is 2.18. The number of rotatable bonds is 7. The molecule has 152 valence electrons. The molecule has 30 heavy (non-hydrogen) atoms. The highest BCUT2D eigenvalue weighted by atomic mass is 16.5. The van der Waals surface area contributed by atoms with E-state index in [1.54, 1.807) is 36.3 Å². The molecule has 0 spiro atoms. The van der Waals surface area contributed by atoms with E-state index in [1.807, 2.05) is 36.4 Å². The van der Waals surface area contributed by atoms with Gasteiger partial charge in [0.2, 0.25) is 5.78 Å². The summed E-state index contributed by atoms with van der Waals surface area (Å²) < 4.78 is 12.0. The van der Waals surface area contributed by atoms with E-state index in [2.05, 4.69) is 17.0 Å². The van der Waals surface area contributed by atoms with Crippen molar-refractivity contribution in [1.29, 1.82) is 0 Å². The Balaban J connectivity index is 1.45. The molecule has 4 rings (SSSR count). The number of aromatic amines is 1. The Labute approximate surface area is 173 Å². The lowest BCUT2D eigenvalue weighted by atomic mass is 10.1. The first-order chi connectivity index (χ1) is 14.6. The Morgan fingerprint density at radius 2 is 1.97 bits per heavy atom. The third-order valence-electron chi connectivity index (χ3n) is 4.93. The number of benzene rings is 2. The van der Waals surface area contributed by atoms with Crippen LogP contribution in [0.4, 0.5) is 0 Å². The van der Waals surface area contributed by atoms with Crippen molar-refractivity contribution in [3.8, 4) is 11.4 Å². The van der Waals surface area contributed by atoms with Crippen LogP contribution in [0.25, 0.3) is 16.6 Å². The number of para-hydroxylation sites is 1. The van der Waals surface area contributed by atoms with Crippen LogP contribution in [-0.2, 0) is 11.2 Å². The van der Waals surface area contributed by atoms with Crippen LogP contribution in [0, 0.1) is 0 Å². The van der Waals surface area contributed by atoms with Gasteiger partial charge in [-0.05, 0) is 30.2 Å². The van der Waals surface area contributed by atoms with Crippen molar-refractivity contribution in [2.45, 2.75) is 13.3 Å². The number of hydrogen-bond acceptors (Lipinski definition) is 5. The lowest BCUT2D eigenvalue weighted by Crippen LogP contribution is -2.14. The highest BCUT2D eigenvalue weighted by Crippen LogP contribution is 2.23. The van der Waals surface area contributed by atoms with Gasteiger partial charge < -0.3 is 14.5 Å². The fourth-order valence-electron chi connectivity index (χ4n) is 3.35. The van der Waals surface area contributed by atoms with Gasteiger partial charge in [-0.1, -0.05) is 31.2 Å². The quantitative estimate of drug-likeness (QED) is 0.373. The molecule has 1 N–H and O–H groups in total. The van der Waals surface area contributed by atoms with Crippen molar-refractivity contribution < 1.29 is 19.1 Å². The van der Waals surface area contributed by atoms with Crippen molar-refractivity contribution in [3.05, 3.63) is 77.7 Å². The van der Waals surface area contributed by atoms with Gasteiger partial charge in [-0.15, -0.1) is 0 Å². The minimum atomic E-state index is -0.654. The number of fused-ring (bicyclic) bond motifs is 1. The Kier molecular flexibility index (Phi) is 5.34. The summed E-state index contributed by atoms with van der Waals surface area (Å²) in [6.45, 7) is 1.71. The second-order valence-electron chi connectivity index (χ2n) is 6.74. The van der Waals surface area contributed by atoms with Crippen molar-refractivity contribution in [3.63, 3.8) is 0 Å². The minimum absolute atomic E-state index is 0.123. The molecule has 4 aromatic rings. The van der Waals surface area contributed by atoms with E-state index in [-0.39, 0.29) is 18.1 Å². The Hall–Kier alpha value is -3.87. The molecule has 0 radical (unpaired) electrons. The topological polar surface area (TPSA) is 86.2 Å². The lowest BCUT2D eigenvalue weighted by molar-refractivity contribution is 0.0469. The third-order valence-corrected chi connectivity index (χ3v) is 4.93. The van der Waals surface area contributed by atoms with Gasteiger partial charge in [-0.25, -0.2) is 9.48 Å². The van der Waals surface area contributed by atoms with E-state index in [1.165, 1.54) is 0 Å². The monoisotopic (exact) mass is 403 g/mol. The summed E-state index contributed by atoms with van der Waals surface area (Å²) in [5, 5.41) is 5.07. The zero-order valence-corrected chi connectivity index (χ0v) is 16.7. The van der Waals surface area contributed by atoms with Gasteiger partial charge in [0.05, 0.1) is 12.8 Å². The number of carbonyl (C=O) groups is 2. The van der Waals surface area contributed by atoms with Crippen LogP contribution < -0.4 is 4.74 Å². The molecule has 0 atom stereocenters. The van der Waals surface area contributed by atoms with E-state index in [0.717, 1.165) is 28.6 Å². The lowest BCUT2D eigenvalue weighted by Gasteiger charge is -2.04. The number of ether oxygens (including phenoxy) is 2. The molecule has 0 aliphatic heterocycles. The molecular formula is C23H21N3O4. The summed E-state index contributed by atoms with van der Waals surface area (Å²) >= 11 is 0. The largest absolute Gasteiger partial charge is 0.497 e. The van der Waals surface area contributed by atoms with Crippen molar-refractivity contribution in [2.75, 3.05) is 13.7 Å². The standard InChI is InChI=1S/C23H21N3O4/c1-3-15-6-4-9-18-19(13-24-22(15)18)21(27)14-30-23(28)20-10-11-26(25-20)16-7-5-8-17(12-16)29-2/h4-13,24H,3,14H2,1-2H3. The van der Waals surface area contributed by atoms with Gasteiger partial charge in [0.25, 0.3) is 0 Å². The number of nitrogens with zero attached hydrogens (tertiary/aromatic N) is 2.